The summed E-state index contributed by atoms with van der Waals surface area (Å²) in [5.74, 6) is 0. The minimum absolute atomic E-state index is 1.06. The summed E-state index contributed by atoms with van der Waals surface area (Å²) < 4.78 is 2.60. The predicted molar refractivity (Wildman–Crippen MR) is 316 cm³/mol. The Morgan fingerprint density at radius 3 is 1.36 bits per heavy atom. The summed E-state index contributed by atoms with van der Waals surface area (Å²) in [4.78, 5) is 0. The van der Waals surface area contributed by atoms with Crippen molar-refractivity contribution >= 4 is 97.0 Å². The summed E-state index contributed by atoms with van der Waals surface area (Å²) in [6, 6.07) is 93.2. The number of fused-ring (bicyclic) bond motifs is 9. The van der Waals surface area contributed by atoms with Crippen LogP contribution in [0.5, 0.6) is 0 Å². The van der Waals surface area contributed by atoms with Crippen LogP contribution in [0.2, 0.25) is 0 Å². The third-order valence-electron chi connectivity index (χ3n) is 15.8. The van der Waals surface area contributed by atoms with Gasteiger partial charge in [0, 0.05) is 20.2 Å². The zero-order valence-electron chi connectivity index (χ0n) is 40.1. The van der Waals surface area contributed by atoms with Crippen LogP contribution in [0, 0.1) is 0 Å². The van der Waals surface area contributed by atoms with Gasteiger partial charge in [0.2, 0.25) is 0 Å². The van der Waals surface area contributed by atoms with E-state index >= 15 is 0 Å². The van der Waals surface area contributed by atoms with Crippen LogP contribution in [0.15, 0.2) is 249 Å². The maximum Gasteiger partial charge on any atom is 0.0361 e. The van der Waals surface area contributed by atoms with E-state index in [-0.39, 0.29) is 0 Å². The maximum absolute atomic E-state index is 2.49. The Labute approximate surface area is 427 Å². The zero-order chi connectivity index (χ0) is 48.0. The fraction of sp³-hybridized carbons (Fsp3) is 0.0278. The van der Waals surface area contributed by atoms with E-state index in [4.69, 9.17) is 0 Å². The van der Waals surface area contributed by atoms with Crippen LogP contribution >= 0.6 is 11.3 Å². The minimum atomic E-state index is 1.06. The molecule has 0 bridgehead atoms. The van der Waals surface area contributed by atoms with Crippen molar-refractivity contribution in [3.05, 3.63) is 265 Å². The largest absolute Gasteiger partial charge is 0.135 e. The van der Waals surface area contributed by atoms with E-state index in [2.05, 4.69) is 255 Å². The van der Waals surface area contributed by atoms with E-state index in [1.54, 1.807) is 0 Å². The van der Waals surface area contributed by atoms with E-state index in [0.717, 1.165) is 12.8 Å². The molecule has 1 aliphatic rings. The van der Waals surface area contributed by atoms with Gasteiger partial charge in [-0.2, -0.15) is 0 Å². The lowest BCUT2D eigenvalue weighted by Crippen LogP contribution is -2.29. The molecule has 0 radical (unpaired) electrons. The number of rotatable bonds is 6. The Hall–Kier alpha value is -8.88. The lowest BCUT2D eigenvalue weighted by molar-refractivity contribution is 1.08. The van der Waals surface area contributed by atoms with Gasteiger partial charge in [-0.1, -0.05) is 237 Å². The molecule has 1 aromatic heterocycles. The van der Waals surface area contributed by atoms with Crippen LogP contribution in [-0.4, -0.2) is 0 Å². The molecule has 1 heterocycles. The molecule has 13 aromatic carbocycles. The Kier molecular flexibility index (Phi) is 9.68. The van der Waals surface area contributed by atoms with Crippen molar-refractivity contribution in [1.82, 2.24) is 0 Å². The fourth-order valence-corrected chi connectivity index (χ4v) is 13.7. The minimum Gasteiger partial charge on any atom is -0.135 e. The van der Waals surface area contributed by atoms with Crippen LogP contribution in [0.1, 0.15) is 18.4 Å². The van der Waals surface area contributed by atoms with Crippen LogP contribution in [-0.2, 0) is 0 Å². The average molecular weight is 943 g/mol. The Bertz CT molecular complexity index is 4590. The van der Waals surface area contributed by atoms with Gasteiger partial charge >= 0.3 is 0 Å². The van der Waals surface area contributed by atoms with E-state index in [1.807, 2.05) is 11.3 Å². The molecule has 0 spiro atoms. The normalized spacial score (nSPS) is 12.6. The fourth-order valence-electron chi connectivity index (χ4n) is 12.6. The van der Waals surface area contributed by atoms with Crippen molar-refractivity contribution in [1.29, 1.82) is 0 Å². The quantitative estimate of drug-likeness (QED) is 0.146. The van der Waals surface area contributed by atoms with Crippen molar-refractivity contribution in [3.63, 3.8) is 0 Å². The predicted octanol–water partition coefficient (Wildman–Crippen LogP) is 18.9. The maximum atomic E-state index is 2.49. The second-order valence-corrected chi connectivity index (χ2v) is 20.7. The average Bonchev–Trinajstić information content (AvgIpc) is 3.84. The lowest BCUT2D eigenvalue weighted by Gasteiger charge is -2.19. The van der Waals surface area contributed by atoms with Gasteiger partial charge in [-0.3, -0.25) is 0 Å². The summed E-state index contributed by atoms with van der Waals surface area (Å²) in [7, 11) is 0. The molecule has 0 atom stereocenters. The topological polar surface area (TPSA) is 0 Å². The molecule has 0 amide bonds. The summed E-state index contributed by atoms with van der Waals surface area (Å²) in [5.41, 5.74) is 15.3. The van der Waals surface area contributed by atoms with Crippen LogP contribution in [0.4, 0.5) is 0 Å². The molecular weight excluding hydrogens is 897 g/mol. The molecule has 340 valence electrons. The molecule has 15 rings (SSSR count). The summed E-state index contributed by atoms with van der Waals surface area (Å²) in [6.45, 7) is 0. The number of thiophene rings is 1. The number of hydrogen-bond donors (Lipinski definition) is 0. The molecule has 1 aliphatic carbocycles. The molecule has 0 saturated carbocycles. The smallest absolute Gasteiger partial charge is 0.0361 e. The molecule has 1 heteroatoms. The Morgan fingerprint density at radius 2 is 0.740 bits per heavy atom. The SMILES string of the molecule is C1=c2ccccc2=C(c2ccc(-c3c4ccccc4c(-c4cccc5sc6ccc(-c7c8ccccc8c(-c8ccc(-c9cccc%10ccccc9%10)cc8)c8ccccc78)cc6c45)c4ccccc34)cc2)CC1. The molecule has 0 unspecified atom stereocenters. The molecule has 0 aliphatic heterocycles. The van der Waals surface area contributed by atoms with Crippen molar-refractivity contribution in [2.45, 2.75) is 12.8 Å². The number of benzene rings is 13. The van der Waals surface area contributed by atoms with Gasteiger partial charge in [0.15, 0.2) is 0 Å². The molecule has 0 fully saturated rings. The second kappa shape index (κ2) is 16.9. The van der Waals surface area contributed by atoms with Crippen molar-refractivity contribution in [2.24, 2.45) is 0 Å². The molecule has 0 saturated heterocycles. The Balaban J connectivity index is 0.900. The highest BCUT2D eigenvalue weighted by Gasteiger charge is 2.22. The van der Waals surface area contributed by atoms with E-state index < -0.39 is 0 Å². The monoisotopic (exact) mass is 942 g/mol. The highest BCUT2D eigenvalue weighted by molar-refractivity contribution is 7.26. The van der Waals surface area contributed by atoms with Crippen LogP contribution in [0.3, 0.4) is 0 Å². The highest BCUT2D eigenvalue weighted by Crippen LogP contribution is 2.50. The Morgan fingerprint density at radius 1 is 0.288 bits per heavy atom. The van der Waals surface area contributed by atoms with Gasteiger partial charge < -0.3 is 0 Å². The van der Waals surface area contributed by atoms with E-state index in [1.165, 1.54) is 151 Å². The standard InChI is InChI=1S/C72H46S/c1-3-20-52-45(16-1)18-13-30-54(52)47-34-38-49(39-35-47)68-56-22-5-7-24-58(56)70(59-25-8-6-23-57(59)68)51-42-43-66-65(44-51)72-64(32-15-33-67(72)73-66)71-62-28-11-9-26-60(62)69(61-27-10-12-29-63(61)71)50-40-36-48(37-41-50)55-31-14-19-46-17-2-4-21-53(46)55/h1-13,15-30,32-44H,14,31H2. The summed E-state index contributed by atoms with van der Waals surface area (Å²) in [5, 5.41) is 18.0. The number of hydrogen-bond acceptors (Lipinski definition) is 1. The van der Waals surface area contributed by atoms with Crippen LogP contribution in [0.25, 0.3) is 141 Å². The highest BCUT2D eigenvalue weighted by atomic mass is 32.1. The summed E-state index contributed by atoms with van der Waals surface area (Å²) in [6.07, 6.45) is 4.51. The molecule has 14 aromatic rings. The van der Waals surface area contributed by atoms with Crippen molar-refractivity contribution in [2.75, 3.05) is 0 Å². The van der Waals surface area contributed by atoms with Crippen LogP contribution < -0.4 is 10.4 Å². The lowest BCUT2D eigenvalue weighted by atomic mass is 9.84. The first kappa shape index (κ1) is 41.9. The zero-order valence-corrected chi connectivity index (χ0v) is 40.9. The van der Waals surface area contributed by atoms with Crippen molar-refractivity contribution in [3.8, 4) is 55.6 Å². The second-order valence-electron chi connectivity index (χ2n) is 19.7. The van der Waals surface area contributed by atoms with Gasteiger partial charge in [-0.15, -0.1) is 11.3 Å². The van der Waals surface area contributed by atoms with Gasteiger partial charge in [0.25, 0.3) is 0 Å². The molecule has 0 nitrogen and oxygen atoms in total. The van der Waals surface area contributed by atoms with E-state index in [9.17, 15) is 0 Å². The van der Waals surface area contributed by atoms with Crippen molar-refractivity contribution < 1.29 is 0 Å². The molecule has 73 heavy (non-hydrogen) atoms. The third kappa shape index (κ3) is 6.66. The van der Waals surface area contributed by atoms with E-state index in [0.29, 0.717) is 0 Å². The van der Waals surface area contributed by atoms with Gasteiger partial charge in [-0.25, -0.2) is 0 Å². The molecule has 0 N–H and O–H groups in total. The van der Waals surface area contributed by atoms with Gasteiger partial charge in [0.05, 0.1) is 0 Å². The first-order valence-corrected chi connectivity index (χ1v) is 26.4. The van der Waals surface area contributed by atoms with Gasteiger partial charge in [-0.05, 0) is 162 Å². The third-order valence-corrected chi connectivity index (χ3v) is 16.9. The first-order valence-electron chi connectivity index (χ1n) is 25.5. The first-order chi connectivity index (χ1) is 36.2. The molecular formula is C72H46S. The van der Waals surface area contributed by atoms with Gasteiger partial charge in [0.1, 0.15) is 0 Å². The summed E-state index contributed by atoms with van der Waals surface area (Å²) >= 11 is 1.90.